The lowest BCUT2D eigenvalue weighted by Crippen LogP contribution is -2.31. The molecule has 0 saturated carbocycles. The number of hydrogen-bond donors (Lipinski definition) is 1. The van der Waals surface area contributed by atoms with E-state index >= 15 is 0 Å². The van der Waals surface area contributed by atoms with Crippen LogP contribution in [-0.4, -0.2) is 42.5 Å². The Morgan fingerprint density at radius 3 is 2.79 bits per heavy atom. The average Bonchev–Trinajstić information content (AvgIpc) is 3.27. The van der Waals surface area contributed by atoms with Crippen molar-refractivity contribution >= 4 is 17.0 Å². The fraction of sp³-hybridized carbons (Fsp3) is 0.419. The first-order valence-electron chi connectivity index (χ1n) is 13.6. The van der Waals surface area contributed by atoms with Crippen molar-refractivity contribution in [2.75, 3.05) is 6.54 Å². The highest BCUT2D eigenvalue weighted by atomic mass is 16.4. The summed E-state index contributed by atoms with van der Waals surface area (Å²) < 4.78 is 1.75. The molecule has 0 saturated heterocycles. The lowest BCUT2D eigenvalue weighted by atomic mass is 9.84. The van der Waals surface area contributed by atoms with Crippen molar-refractivity contribution in [2.24, 2.45) is 13.0 Å². The number of carboxylic acid groups (broad SMARTS) is 1. The molecule has 2 aromatic heterocycles. The number of nitrogens with zero attached hydrogens (tertiary/aromatic N) is 5. The molecule has 4 aromatic rings. The summed E-state index contributed by atoms with van der Waals surface area (Å²) >= 11 is 0. The number of aromatic nitrogens is 4. The zero-order valence-corrected chi connectivity index (χ0v) is 22.8. The summed E-state index contributed by atoms with van der Waals surface area (Å²) in [6.45, 7) is 9.25. The summed E-state index contributed by atoms with van der Waals surface area (Å²) in [6.07, 6.45) is 7.39. The molecule has 0 aliphatic carbocycles. The predicted octanol–water partition coefficient (Wildman–Crippen LogP) is 5.56. The van der Waals surface area contributed by atoms with E-state index in [0.29, 0.717) is 5.92 Å². The molecule has 0 radical (unpaired) electrons. The van der Waals surface area contributed by atoms with Gasteiger partial charge in [0.05, 0.1) is 11.9 Å². The molecule has 38 heavy (non-hydrogen) atoms. The van der Waals surface area contributed by atoms with Crippen molar-refractivity contribution in [3.8, 4) is 0 Å². The molecule has 198 valence electrons. The Morgan fingerprint density at radius 2 is 2.00 bits per heavy atom. The topological polar surface area (TPSA) is 84.1 Å². The van der Waals surface area contributed by atoms with Crippen molar-refractivity contribution in [1.29, 1.82) is 0 Å². The Morgan fingerprint density at radius 1 is 1.16 bits per heavy atom. The Kier molecular flexibility index (Phi) is 7.56. The molecule has 1 aliphatic heterocycles. The number of hydrogen-bond acceptors (Lipinski definition) is 5. The van der Waals surface area contributed by atoms with Gasteiger partial charge in [-0.25, -0.2) is 4.68 Å². The molecular weight excluding hydrogens is 474 g/mol. The van der Waals surface area contributed by atoms with Crippen LogP contribution in [0, 0.1) is 19.8 Å². The third-order valence-corrected chi connectivity index (χ3v) is 8.32. The average molecular weight is 512 g/mol. The van der Waals surface area contributed by atoms with Gasteiger partial charge < -0.3 is 5.11 Å². The van der Waals surface area contributed by atoms with Crippen molar-refractivity contribution in [3.63, 3.8) is 0 Å². The first-order valence-corrected chi connectivity index (χ1v) is 13.6. The minimum atomic E-state index is -0.810. The lowest BCUT2D eigenvalue weighted by molar-refractivity contribution is -0.137. The van der Waals surface area contributed by atoms with Crippen molar-refractivity contribution in [2.45, 2.75) is 65.5 Å². The largest absolute Gasteiger partial charge is 0.481 e. The van der Waals surface area contributed by atoms with Crippen LogP contribution in [0.3, 0.4) is 0 Å². The number of aliphatic carboxylic acids is 1. The summed E-state index contributed by atoms with van der Waals surface area (Å²) in [5.41, 5.74) is 9.99. The second-order valence-corrected chi connectivity index (χ2v) is 10.8. The van der Waals surface area contributed by atoms with Gasteiger partial charge in [-0.3, -0.25) is 14.7 Å². The van der Waals surface area contributed by atoms with Crippen LogP contribution in [0.5, 0.6) is 0 Å². The zero-order chi connectivity index (χ0) is 26.8. The van der Waals surface area contributed by atoms with Gasteiger partial charge in [0.15, 0.2) is 0 Å². The van der Waals surface area contributed by atoms with Crippen LogP contribution in [0.1, 0.15) is 71.0 Å². The molecule has 2 aromatic carbocycles. The Balaban J connectivity index is 1.50. The summed E-state index contributed by atoms with van der Waals surface area (Å²) in [5, 5.41) is 18.4. The van der Waals surface area contributed by atoms with Gasteiger partial charge in [-0.2, -0.15) is 0 Å². The normalized spacial score (nSPS) is 17.1. The number of benzene rings is 2. The number of rotatable bonds is 7. The highest BCUT2D eigenvalue weighted by Gasteiger charge is 2.24. The monoisotopic (exact) mass is 511 g/mol. The molecular formula is C31H37N5O2. The van der Waals surface area contributed by atoms with Crippen molar-refractivity contribution < 1.29 is 9.90 Å². The second-order valence-electron chi connectivity index (χ2n) is 10.8. The summed E-state index contributed by atoms with van der Waals surface area (Å²) in [6, 6.07) is 12.7. The molecule has 1 aliphatic rings. The maximum absolute atomic E-state index is 12.0. The lowest BCUT2D eigenvalue weighted by Gasteiger charge is -2.31. The predicted molar refractivity (Wildman–Crippen MR) is 149 cm³/mol. The van der Waals surface area contributed by atoms with Gasteiger partial charge in [0, 0.05) is 45.0 Å². The van der Waals surface area contributed by atoms with E-state index in [1.165, 1.54) is 28.7 Å². The fourth-order valence-electron chi connectivity index (χ4n) is 5.94. The minimum Gasteiger partial charge on any atom is -0.481 e. The van der Waals surface area contributed by atoms with E-state index in [1.807, 2.05) is 38.5 Å². The molecule has 1 N–H and O–H groups in total. The number of carbonyl (C=O) groups is 1. The van der Waals surface area contributed by atoms with E-state index < -0.39 is 5.97 Å². The third-order valence-electron chi connectivity index (χ3n) is 8.32. The Labute approximate surface area is 224 Å². The van der Waals surface area contributed by atoms with E-state index in [4.69, 9.17) is 0 Å². The molecule has 7 nitrogen and oxygen atoms in total. The molecule has 5 rings (SSSR count). The fourth-order valence-corrected chi connectivity index (χ4v) is 5.94. The number of carboxylic acids is 1. The first-order chi connectivity index (χ1) is 18.3. The first kappa shape index (κ1) is 26.0. The van der Waals surface area contributed by atoms with E-state index in [9.17, 15) is 9.90 Å². The molecule has 7 heteroatoms. The molecule has 0 amide bonds. The molecule has 0 spiro atoms. The van der Waals surface area contributed by atoms with Crippen molar-refractivity contribution in [3.05, 3.63) is 87.7 Å². The van der Waals surface area contributed by atoms with Crippen LogP contribution < -0.4 is 0 Å². The standard InChI is InChI=1S/C31H37N5O2/c1-5-22-7-9-24-16-32-13-12-25(24)18-36(17-22)19-26-14-23(8-6-20(26)2)28(15-30(37)38)27-10-11-29-31(21(27)3)33-34-35(29)4/h6,8,10-14,16,22,28H,5,7,9,15,17-19H2,1-4H3,(H,37,38)/t22-,28?/m0/s1. The van der Waals surface area contributed by atoms with Crippen LogP contribution in [0.15, 0.2) is 48.8 Å². The van der Waals surface area contributed by atoms with E-state index in [2.05, 4.69) is 58.3 Å². The maximum Gasteiger partial charge on any atom is 0.304 e. The van der Waals surface area contributed by atoms with Gasteiger partial charge in [0.25, 0.3) is 0 Å². The summed E-state index contributed by atoms with van der Waals surface area (Å²) in [4.78, 5) is 19.0. The maximum atomic E-state index is 12.0. The quantitative estimate of drug-likeness (QED) is 0.350. The minimum absolute atomic E-state index is 0.0249. The Hall–Kier alpha value is -3.58. The summed E-state index contributed by atoms with van der Waals surface area (Å²) in [7, 11) is 1.87. The van der Waals surface area contributed by atoms with Crippen molar-refractivity contribution in [1.82, 2.24) is 24.9 Å². The van der Waals surface area contributed by atoms with E-state index in [0.717, 1.165) is 60.2 Å². The Bertz CT molecular complexity index is 1460. The second kappa shape index (κ2) is 11.0. The van der Waals surface area contributed by atoms with Crippen LogP contribution in [0.2, 0.25) is 0 Å². The molecule has 0 fully saturated rings. The summed E-state index contributed by atoms with van der Waals surface area (Å²) in [5.74, 6) is -0.427. The highest BCUT2D eigenvalue weighted by molar-refractivity contribution is 5.80. The van der Waals surface area contributed by atoms with Gasteiger partial charge in [0.1, 0.15) is 5.52 Å². The zero-order valence-electron chi connectivity index (χ0n) is 22.8. The van der Waals surface area contributed by atoms with Gasteiger partial charge in [-0.1, -0.05) is 42.8 Å². The number of pyridine rings is 1. The van der Waals surface area contributed by atoms with E-state index in [-0.39, 0.29) is 12.3 Å². The number of fused-ring (bicyclic) bond motifs is 2. The van der Waals surface area contributed by atoms with E-state index in [1.54, 1.807) is 4.68 Å². The van der Waals surface area contributed by atoms with Gasteiger partial charge in [-0.05, 0) is 83.7 Å². The smallest absolute Gasteiger partial charge is 0.304 e. The van der Waals surface area contributed by atoms with Gasteiger partial charge in [-0.15, -0.1) is 5.10 Å². The highest BCUT2D eigenvalue weighted by Crippen LogP contribution is 2.35. The van der Waals surface area contributed by atoms with Gasteiger partial charge in [0.2, 0.25) is 0 Å². The third kappa shape index (κ3) is 5.34. The van der Waals surface area contributed by atoms with Crippen LogP contribution >= 0.6 is 0 Å². The molecule has 0 bridgehead atoms. The number of aryl methyl sites for hydroxylation is 4. The van der Waals surface area contributed by atoms with Crippen LogP contribution in [-0.2, 0) is 31.4 Å². The van der Waals surface area contributed by atoms with Crippen LogP contribution in [0.4, 0.5) is 0 Å². The molecule has 2 atom stereocenters. The molecule has 1 unspecified atom stereocenters. The SMILES string of the molecule is CC[C@H]1CCc2cnccc2CN(Cc2cc(C(CC(=O)O)c3ccc4c(nnn4C)c3C)ccc2C)C1. The van der Waals surface area contributed by atoms with Gasteiger partial charge >= 0.3 is 5.97 Å². The van der Waals surface area contributed by atoms with Crippen LogP contribution in [0.25, 0.3) is 11.0 Å². The molecule has 3 heterocycles.